The highest BCUT2D eigenvalue weighted by atomic mass is 32.1. The Kier molecular flexibility index (Phi) is 5.94. The average Bonchev–Trinajstić information content (AvgIpc) is 2.34. The van der Waals surface area contributed by atoms with Crippen molar-refractivity contribution >= 4 is 23.2 Å². The number of nitrogens with one attached hydrogen (secondary N) is 1. The Morgan fingerprint density at radius 2 is 2.28 bits per heavy atom. The lowest BCUT2D eigenvalue weighted by Crippen LogP contribution is -2.28. The third-order valence-corrected chi connectivity index (χ3v) is 2.97. The first-order valence-corrected chi connectivity index (χ1v) is 6.48. The lowest BCUT2D eigenvalue weighted by Gasteiger charge is -2.20. The molecule has 0 unspecified atom stereocenters. The highest BCUT2D eigenvalue weighted by Gasteiger charge is 2.03. The van der Waals surface area contributed by atoms with E-state index in [1.165, 1.54) is 0 Å². The maximum Gasteiger partial charge on any atom is 0.223 e. The SMILES string of the molecule is CC(C)N(C)CCCNc1nccc(C(N)=S)n1. The summed E-state index contributed by atoms with van der Waals surface area (Å²) in [5.74, 6) is 0.576. The number of nitrogens with two attached hydrogens (primary N) is 1. The standard InChI is InChI=1S/C12H21N5S/c1-9(2)17(3)8-4-6-14-12-15-7-5-10(16-12)11(13)18/h5,7,9H,4,6,8H2,1-3H3,(H2,13,18)(H,14,15,16). The highest BCUT2D eigenvalue weighted by molar-refractivity contribution is 7.80. The molecule has 0 aliphatic rings. The monoisotopic (exact) mass is 267 g/mol. The van der Waals surface area contributed by atoms with Crippen LogP contribution in [0.1, 0.15) is 26.0 Å². The minimum atomic E-state index is 0.292. The van der Waals surface area contributed by atoms with Crippen LogP contribution in [0.2, 0.25) is 0 Å². The van der Waals surface area contributed by atoms with Crippen molar-refractivity contribution in [2.75, 3.05) is 25.5 Å². The van der Waals surface area contributed by atoms with Crippen LogP contribution in [-0.4, -0.2) is 46.0 Å². The van der Waals surface area contributed by atoms with E-state index < -0.39 is 0 Å². The van der Waals surface area contributed by atoms with E-state index in [0.29, 0.717) is 22.7 Å². The van der Waals surface area contributed by atoms with Crippen LogP contribution in [0.5, 0.6) is 0 Å². The first-order valence-electron chi connectivity index (χ1n) is 6.07. The van der Waals surface area contributed by atoms with Crippen LogP contribution in [-0.2, 0) is 0 Å². The number of rotatable bonds is 7. The molecule has 1 rings (SSSR count). The zero-order valence-electron chi connectivity index (χ0n) is 11.2. The molecule has 0 amide bonds. The van der Waals surface area contributed by atoms with Gasteiger partial charge in [-0.3, -0.25) is 0 Å². The number of hydrogen-bond donors (Lipinski definition) is 2. The van der Waals surface area contributed by atoms with Crippen LogP contribution < -0.4 is 11.1 Å². The molecule has 0 fully saturated rings. The van der Waals surface area contributed by atoms with E-state index in [1.54, 1.807) is 12.3 Å². The molecule has 0 atom stereocenters. The smallest absolute Gasteiger partial charge is 0.223 e. The normalized spacial score (nSPS) is 10.9. The number of anilines is 1. The zero-order chi connectivity index (χ0) is 13.5. The molecule has 0 saturated heterocycles. The molecule has 100 valence electrons. The summed E-state index contributed by atoms with van der Waals surface area (Å²) in [7, 11) is 2.12. The van der Waals surface area contributed by atoms with Crippen molar-refractivity contribution in [3.05, 3.63) is 18.0 Å². The molecule has 0 bridgehead atoms. The molecule has 0 saturated carbocycles. The molecule has 18 heavy (non-hydrogen) atoms. The lowest BCUT2D eigenvalue weighted by molar-refractivity contribution is 0.273. The van der Waals surface area contributed by atoms with Gasteiger partial charge in [0.25, 0.3) is 0 Å². The molecule has 0 aromatic carbocycles. The van der Waals surface area contributed by atoms with Crippen molar-refractivity contribution < 1.29 is 0 Å². The summed E-state index contributed by atoms with van der Waals surface area (Å²) in [4.78, 5) is 10.9. The average molecular weight is 267 g/mol. The molecule has 3 N–H and O–H groups in total. The van der Waals surface area contributed by atoms with E-state index in [2.05, 4.69) is 41.1 Å². The molecular weight excluding hydrogens is 246 g/mol. The van der Waals surface area contributed by atoms with Crippen molar-refractivity contribution in [2.24, 2.45) is 5.73 Å². The second-order valence-corrected chi connectivity index (χ2v) is 4.92. The van der Waals surface area contributed by atoms with Crippen LogP contribution in [0.3, 0.4) is 0 Å². The Bertz CT molecular complexity index is 394. The Morgan fingerprint density at radius 3 is 2.89 bits per heavy atom. The molecule has 1 aromatic heterocycles. The van der Waals surface area contributed by atoms with Gasteiger partial charge in [0.15, 0.2) is 0 Å². The predicted octanol–water partition coefficient (Wildman–Crippen LogP) is 1.25. The van der Waals surface area contributed by atoms with E-state index in [9.17, 15) is 0 Å². The largest absolute Gasteiger partial charge is 0.388 e. The molecule has 0 radical (unpaired) electrons. The van der Waals surface area contributed by atoms with Gasteiger partial charge in [0.2, 0.25) is 5.95 Å². The summed E-state index contributed by atoms with van der Waals surface area (Å²) in [6.07, 6.45) is 2.69. The van der Waals surface area contributed by atoms with Crippen LogP contribution >= 0.6 is 12.2 Å². The molecule has 0 aliphatic heterocycles. The number of aromatic nitrogens is 2. The second-order valence-electron chi connectivity index (χ2n) is 4.48. The minimum Gasteiger partial charge on any atom is -0.388 e. The molecule has 0 aliphatic carbocycles. The number of hydrogen-bond acceptors (Lipinski definition) is 5. The third kappa shape index (κ3) is 4.93. The second kappa shape index (κ2) is 7.23. The number of thiocarbonyl (C=S) groups is 1. The van der Waals surface area contributed by atoms with Crippen molar-refractivity contribution in [3.63, 3.8) is 0 Å². The Labute approximate surface area is 114 Å². The van der Waals surface area contributed by atoms with Gasteiger partial charge in [-0.2, -0.15) is 0 Å². The molecule has 1 aromatic rings. The predicted molar refractivity (Wildman–Crippen MR) is 78.8 cm³/mol. The van der Waals surface area contributed by atoms with Gasteiger partial charge >= 0.3 is 0 Å². The topological polar surface area (TPSA) is 67.1 Å². The Morgan fingerprint density at radius 1 is 1.56 bits per heavy atom. The van der Waals surface area contributed by atoms with Crippen LogP contribution in [0.4, 0.5) is 5.95 Å². The maximum absolute atomic E-state index is 5.52. The van der Waals surface area contributed by atoms with E-state index in [-0.39, 0.29) is 0 Å². The van der Waals surface area contributed by atoms with Crippen LogP contribution in [0, 0.1) is 0 Å². The molecular formula is C12H21N5S. The third-order valence-electron chi connectivity index (χ3n) is 2.76. The summed E-state index contributed by atoms with van der Waals surface area (Å²) in [5, 5.41) is 3.17. The molecule has 0 spiro atoms. The van der Waals surface area contributed by atoms with Gasteiger partial charge in [0.1, 0.15) is 10.7 Å². The van der Waals surface area contributed by atoms with E-state index in [1.807, 2.05) is 0 Å². The summed E-state index contributed by atoms with van der Waals surface area (Å²) in [6, 6.07) is 2.28. The molecule has 1 heterocycles. The van der Waals surface area contributed by atoms with E-state index in [0.717, 1.165) is 19.5 Å². The summed E-state index contributed by atoms with van der Waals surface area (Å²) >= 11 is 4.87. The van der Waals surface area contributed by atoms with Gasteiger partial charge in [0.05, 0.1) is 0 Å². The van der Waals surface area contributed by atoms with Gasteiger partial charge in [-0.05, 0) is 39.9 Å². The number of nitrogens with zero attached hydrogens (tertiary/aromatic N) is 3. The van der Waals surface area contributed by atoms with Crippen molar-refractivity contribution in [1.29, 1.82) is 0 Å². The fourth-order valence-corrected chi connectivity index (χ4v) is 1.48. The fraction of sp³-hybridized carbons (Fsp3) is 0.583. The fourth-order valence-electron chi connectivity index (χ4n) is 1.37. The summed E-state index contributed by atoms with van der Waals surface area (Å²) < 4.78 is 0. The molecule has 5 nitrogen and oxygen atoms in total. The first-order chi connectivity index (χ1) is 8.50. The van der Waals surface area contributed by atoms with Gasteiger partial charge < -0.3 is 16.0 Å². The van der Waals surface area contributed by atoms with Crippen LogP contribution in [0.25, 0.3) is 0 Å². The summed E-state index contributed by atoms with van der Waals surface area (Å²) in [6.45, 7) is 6.24. The quantitative estimate of drug-likeness (QED) is 0.572. The van der Waals surface area contributed by atoms with Crippen molar-refractivity contribution in [2.45, 2.75) is 26.3 Å². The Balaban J connectivity index is 2.35. The van der Waals surface area contributed by atoms with Crippen LogP contribution in [0.15, 0.2) is 12.3 Å². The van der Waals surface area contributed by atoms with E-state index in [4.69, 9.17) is 18.0 Å². The molecule has 6 heteroatoms. The lowest BCUT2D eigenvalue weighted by atomic mass is 10.3. The maximum atomic E-state index is 5.52. The highest BCUT2D eigenvalue weighted by Crippen LogP contribution is 2.01. The van der Waals surface area contributed by atoms with Crippen molar-refractivity contribution in [1.82, 2.24) is 14.9 Å². The van der Waals surface area contributed by atoms with Crippen molar-refractivity contribution in [3.8, 4) is 0 Å². The van der Waals surface area contributed by atoms with Gasteiger partial charge in [-0.1, -0.05) is 12.2 Å². The minimum absolute atomic E-state index is 0.292. The Hall–Kier alpha value is -1.27. The van der Waals surface area contributed by atoms with Gasteiger partial charge in [-0.15, -0.1) is 0 Å². The zero-order valence-corrected chi connectivity index (χ0v) is 12.0. The van der Waals surface area contributed by atoms with Gasteiger partial charge in [-0.25, -0.2) is 9.97 Å². The van der Waals surface area contributed by atoms with Gasteiger partial charge in [0, 0.05) is 18.8 Å². The summed E-state index contributed by atoms with van der Waals surface area (Å²) in [5.41, 5.74) is 6.12. The first kappa shape index (κ1) is 14.8. The van der Waals surface area contributed by atoms with E-state index >= 15 is 0 Å².